The van der Waals surface area contributed by atoms with Gasteiger partial charge in [-0.3, -0.25) is 4.79 Å². The molecule has 0 spiro atoms. The van der Waals surface area contributed by atoms with Gasteiger partial charge in [0.05, 0.1) is 31.4 Å². The predicted molar refractivity (Wildman–Crippen MR) is 103 cm³/mol. The third-order valence-corrected chi connectivity index (χ3v) is 4.37. The van der Waals surface area contributed by atoms with Crippen molar-refractivity contribution < 1.29 is 19.0 Å². The van der Waals surface area contributed by atoms with Crippen molar-refractivity contribution in [1.29, 1.82) is 0 Å². The fourth-order valence-electron chi connectivity index (χ4n) is 2.80. The number of methoxy groups -OCH3 is 1. The van der Waals surface area contributed by atoms with E-state index in [1.165, 1.54) is 4.90 Å². The van der Waals surface area contributed by atoms with Crippen LogP contribution in [0.25, 0.3) is 11.0 Å². The Kier molecular flexibility index (Phi) is 4.74. The minimum Gasteiger partial charge on any atom is -0.495 e. The number of carbonyl (C=O) groups is 1. The van der Waals surface area contributed by atoms with Crippen LogP contribution in [0.5, 0.6) is 11.6 Å². The summed E-state index contributed by atoms with van der Waals surface area (Å²) in [6.07, 6.45) is 1.78. The summed E-state index contributed by atoms with van der Waals surface area (Å²) in [5.41, 5.74) is 1.83. The lowest BCUT2D eigenvalue weighted by Crippen LogP contribution is -2.38. The van der Waals surface area contributed by atoms with Crippen molar-refractivity contribution in [2.75, 3.05) is 39.7 Å². The van der Waals surface area contributed by atoms with E-state index in [0.717, 1.165) is 5.39 Å². The van der Waals surface area contributed by atoms with Crippen LogP contribution < -0.4 is 14.8 Å². The van der Waals surface area contributed by atoms with Crippen molar-refractivity contribution in [3.05, 3.63) is 36.0 Å². The summed E-state index contributed by atoms with van der Waals surface area (Å²) >= 11 is 0. The minimum atomic E-state index is -0.104. The Bertz CT molecular complexity index is 1010. The average molecular weight is 383 g/mol. The zero-order valence-electron chi connectivity index (χ0n) is 15.9. The molecule has 0 aliphatic carbocycles. The monoisotopic (exact) mass is 383 g/mol. The van der Waals surface area contributed by atoms with E-state index in [9.17, 15) is 4.79 Å². The fourth-order valence-corrected chi connectivity index (χ4v) is 2.80. The molecule has 3 aromatic rings. The van der Waals surface area contributed by atoms with Gasteiger partial charge in [0.2, 0.25) is 11.8 Å². The summed E-state index contributed by atoms with van der Waals surface area (Å²) < 4.78 is 16.5. The van der Waals surface area contributed by atoms with Crippen LogP contribution in [0.15, 0.2) is 30.5 Å². The van der Waals surface area contributed by atoms with Crippen LogP contribution in [0.4, 0.5) is 11.6 Å². The lowest BCUT2D eigenvalue weighted by Gasteiger charge is -2.26. The van der Waals surface area contributed by atoms with Gasteiger partial charge in [0.1, 0.15) is 17.5 Å². The first-order valence-electron chi connectivity index (χ1n) is 8.81. The minimum absolute atomic E-state index is 0.00767. The number of hydrogen-bond acceptors (Lipinski definition) is 7. The van der Waals surface area contributed by atoms with Crippen molar-refractivity contribution >= 4 is 28.6 Å². The normalized spacial score (nSPS) is 13.8. The molecule has 9 heteroatoms. The van der Waals surface area contributed by atoms with Gasteiger partial charge in [0.15, 0.2) is 0 Å². The number of aromatic nitrogens is 3. The SMILES string of the molecule is COc1cc(C(=O)N(C)C)ccc1Nc1nc(OC2COC2)c2cc[nH]c2n1. The Hall–Kier alpha value is -3.33. The highest BCUT2D eigenvalue weighted by Gasteiger charge is 2.23. The average Bonchev–Trinajstić information content (AvgIpc) is 3.13. The standard InChI is InChI=1S/C19H21N5O4/c1-24(2)18(25)11-4-5-14(15(8-11)26-3)21-19-22-16-13(6-7-20-16)17(23-19)28-12-9-27-10-12/h4-8,12H,9-10H2,1-3H3,(H2,20,21,22,23). The van der Waals surface area contributed by atoms with Gasteiger partial charge in [-0.05, 0) is 24.3 Å². The van der Waals surface area contributed by atoms with E-state index >= 15 is 0 Å². The number of H-pyrrole nitrogens is 1. The number of ether oxygens (including phenoxy) is 3. The van der Waals surface area contributed by atoms with Crippen LogP contribution in [0, 0.1) is 0 Å². The molecule has 0 bridgehead atoms. The largest absolute Gasteiger partial charge is 0.495 e. The maximum Gasteiger partial charge on any atom is 0.253 e. The van der Waals surface area contributed by atoms with E-state index in [1.807, 2.05) is 6.07 Å². The molecule has 2 N–H and O–H groups in total. The third kappa shape index (κ3) is 3.44. The molecule has 146 valence electrons. The van der Waals surface area contributed by atoms with Crippen molar-refractivity contribution in [2.45, 2.75) is 6.10 Å². The summed E-state index contributed by atoms with van der Waals surface area (Å²) in [5.74, 6) is 1.25. The summed E-state index contributed by atoms with van der Waals surface area (Å²) in [7, 11) is 4.95. The number of fused-ring (bicyclic) bond motifs is 1. The molecule has 2 aromatic heterocycles. The van der Waals surface area contributed by atoms with Crippen molar-refractivity contribution in [1.82, 2.24) is 19.9 Å². The molecule has 1 fully saturated rings. The number of nitrogens with one attached hydrogen (secondary N) is 2. The van der Waals surface area contributed by atoms with E-state index in [-0.39, 0.29) is 12.0 Å². The number of hydrogen-bond donors (Lipinski definition) is 2. The molecule has 28 heavy (non-hydrogen) atoms. The molecule has 1 aliphatic heterocycles. The van der Waals surface area contributed by atoms with E-state index in [4.69, 9.17) is 14.2 Å². The first-order chi connectivity index (χ1) is 13.5. The van der Waals surface area contributed by atoms with Crippen LogP contribution in [-0.2, 0) is 4.74 Å². The Labute approximate surface area is 161 Å². The van der Waals surface area contributed by atoms with Gasteiger partial charge in [-0.1, -0.05) is 0 Å². The zero-order chi connectivity index (χ0) is 19.7. The first kappa shape index (κ1) is 18.1. The Balaban J connectivity index is 1.64. The number of carbonyl (C=O) groups excluding carboxylic acids is 1. The van der Waals surface area contributed by atoms with Gasteiger partial charge in [-0.25, -0.2) is 0 Å². The van der Waals surface area contributed by atoms with Crippen molar-refractivity contribution in [3.63, 3.8) is 0 Å². The molecule has 1 saturated heterocycles. The van der Waals surface area contributed by atoms with Crippen LogP contribution in [0.2, 0.25) is 0 Å². The van der Waals surface area contributed by atoms with Crippen molar-refractivity contribution in [2.24, 2.45) is 0 Å². The molecule has 3 heterocycles. The molecule has 0 saturated carbocycles. The second kappa shape index (κ2) is 7.35. The maximum atomic E-state index is 12.2. The second-order valence-corrected chi connectivity index (χ2v) is 6.61. The maximum absolute atomic E-state index is 12.2. The van der Waals surface area contributed by atoms with Crippen LogP contribution in [-0.4, -0.2) is 66.3 Å². The van der Waals surface area contributed by atoms with Gasteiger partial charge >= 0.3 is 0 Å². The topological polar surface area (TPSA) is 102 Å². The highest BCUT2D eigenvalue weighted by Crippen LogP contribution is 2.31. The first-order valence-corrected chi connectivity index (χ1v) is 8.81. The lowest BCUT2D eigenvalue weighted by atomic mass is 10.1. The van der Waals surface area contributed by atoms with E-state index in [2.05, 4.69) is 20.3 Å². The number of amides is 1. The summed E-state index contributed by atoms with van der Waals surface area (Å²) in [6.45, 7) is 1.10. The fraction of sp³-hybridized carbons (Fsp3) is 0.316. The molecule has 1 aromatic carbocycles. The van der Waals surface area contributed by atoms with E-state index in [0.29, 0.717) is 47.7 Å². The van der Waals surface area contributed by atoms with E-state index < -0.39 is 0 Å². The highest BCUT2D eigenvalue weighted by atomic mass is 16.6. The molecular formula is C19H21N5O4. The number of nitrogens with zero attached hydrogens (tertiary/aromatic N) is 3. The molecule has 1 amide bonds. The Morgan fingerprint density at radius 1 is 1.29 bits per heavy atom. The summed E-state index contributed by atoms with van der Waals surface area (Å²) in [5, 5.41) is 3.95. The number of benzene rings is 1. The van der Waals surface area contributed by atoms with Crippen LogP contribution >= 0.6 is 0 Å². The number of anilines is 2. The summed E-state index contributed by atoms with van der Waals surface area (Å²) in [6, 6.07) is 7.04. The van der Waals surface area contributed by atoms with Gasteiger partial charge in [0.25, 0.3) is 5.91 Å². The Morgan fingerprint density at radius 2 is 2.11 bits per heavy atom. The molecular weight excluding hydrogens is 362 g/mol. The van der Waals surface area contributed by atoms with Gasteiger partial charge in [-0.2, -0.15) is 9.97 Å². The smallest absolute Gasteiger partial charge is 0.253 e. The second-order valence-electron chi connectivity index (χ2n) is 6.61. The van der Waals surface area contributed by atoms with Gasteiger partial charge < -0.3 is 29.4 Å². The van der Waals surface area contributed by atoms with Gasteiger partial charge in [-0.15, -0.1) is 0 Å². The van der Waals surface area contributed by atoms with Crippen molar-refractivity contribution in [3.8, 4) is 11.6 Å². The molecule has 1 aliphatic rings. The highest BCUT2D eigenvalue weighted by molar-refractivity contribution is 5.95. The number of rotatable bonds is 6. The van der Waals surface area contributed by atoms with Gasteiger partial charge in [0, 0.05) is 25.9 Å². The number of aromatic amines is 1. The third-order valence-electron chi connectivity index (χ3n) is 4.37. The lowest BCUT2D eigenvalue weighted by molar-refractivity contribution is -0.0806. The quantitative estimate of drug-likeness (QED) is 0.673. The van der Waals surface area contributed by atoms with Crippen LogP contribution in [0.1, 0.15) is 10.4 Å². The predicted octanol–water partition coefficient (Wildman–Crippen LogP) is 2.19. The molecule has 0 unspecified atom stereocenters. The summed E-state index contributed by atoms with van der Waals surface area (Å²) in [4.78, 5) is 25.7. The Morgan fingerprint density at radius 3 is 2.79 bits per heavy atom. The molecule has 9 nitrogen and oxygen atoms in total. The van der Waals surface area contributed by atoms with E-state index in [1.54, 1.807) is 45.6 Å². The molecule has 0 atom stereocenters. The van der Waals surface area contributed by atoms with Crippen LogP contribution in [0.3, 0.4) is 0 Å². The molecule has 4 rings (SSSR count). The zero-order valence-corrected chi connectivity index (χ0v) is 15.9. The molecule has 0 radical (unpaired) electrons.